The van der Waals surface area contributed by atoms with Crippen LogP contribution in [0.25, 0.3) is 0 Å². The highest BCUT2D eigenvalue weighted by Crippen LogP contribution is 2.27. The van der Waals surface area contributed by atoms with Gasteiger partial charge in [-0.1, -0.05) is 6.92 Å². The van der Waals surface area contributed by atoms with E-state index in [1.54, 1.807) is 6.07 Å². The second-order valence-electron chi connectivity index (χ2n) is 5.07. The molecular formula is C14H21N3O4. The molecule has 0 spiro atoms. The van der Waals surface area contributed by atoms with Crippen molar-refractivity contribution < 1.29 is 14.4 Å². The number of nitrogens with one attached hydrogen (secondary N) is 1. The molecule has 0 bridgehead atoms. The summed E-state index contributed by atoms with van der Waals surface area (Å²) in [5.74, 6) is 1.06. The van der Waals surface area contributed by atoms with Crippen molar-refractivity contribution in [3.05, 3.63) is 22.2 Å². The molecule has 1 saturated heterocycles. The predicted octanol–water partition coefficient (Wildman–Crippen LogP) is 2.62. The standard InChI is InChI=1S/C14H21N3O4/c1-2-7-15-13-4-3-12(17(18)19)14(16-13)21-10-11-5-8-20-9-6-11/h3-4,11H,2,5-10H2,1H3,(H,15,16). The van der Waals surface area contributed by atoms with E-state index in [9.17, 15) is 10.1 Å². The first-order valence-corrected chi connectivity index (χ1v) is 7.30. The normalized spacial score (nSPS) is 15.7. The summed E-state index contributed by atoms with van der Waals surface area (Å²) >= 11 is 0. The number of nitro groups is 1. The Bertz CT molecular complexity index is 475. The second kappa shape index (κ2) is 7.78. The fourth-order valence-corrected chi connectivity index (χ4v) is 2.14. The van der Waals surface area contributed by atoms with Crippen LogP contribution in [0.4, 0.5) is 11.5 Å². The molecule has 116 valence electrons. The van der Waals surface area contributed by atoms with Crippen LogP contribution in [0.15, 0.2) is 12.1 Å². The SMILES string of the molecule is CCCNc1ccc([N+](=O)[O-])c(OCC2CCOCC2)n1. The molecule has 2 rings (SSSR count). The Kier molecular flexibility index (Phi) is 5.74. The Hall–Kier alpha value is -1.89. The molecular weight excluding hydrogens is 274 g/mol. The van der Waals surface area contributed by atoms with Gasteiger partial charge in [0.25, 0.3) is 5.88 Å². The molecule has 0 aliphatic carbocycles. The number of aromatic nitrogens is 1. The molecule has 1 aromatic heterocycles. The molecule has 21 heavy (non-hydrogen) atoms. The number of pyridine rings is 1. The van der Waals surface area contributed by atoms with Crippen LogP contribution in [0, 0.1) is 16.0 Å². The molecule has 0 aromatic carbocycles. The lowest BCUT2D eigenvalue weighted by Gasteiger charge is -2.21. The molecule has 2 heterocycles. The molecule has 1 aliphatic rings. The van der Waals surface area contributed by atoms with E-state index < -0.39 is 4.92 Å². The van der Waals surface area contributed by atoms with Crippen molar-refractivity contribution in [1.82, 2.24) is 4.98 Å². The van der Waals surface area contributed by atoms with Crippen LogP contribution in [-0.4, -0.2) is 36.3 Å². The molecule has 7 heteroatoms. The highest BCUT2D eigenvalue weighted by atomic mass is 16.6. The van der Waals surface area contributed by atoms with Crippen LogP contribution in [0.1, 0.15) is 26.2 Å². The third-order valence-corrected chi connectivity index (χ3v) is 3.39. The maximum absolute atomic E-state index is 11.0. The summed E-state index contributed by atoms with van der Waals surface area (Å²) in [6.45, 7) is 4.70. The van der Waals surface area contributed by atoms with Gasteiger partial charge in [0.05, 0.1) is 11.5 Å². The van der Waals surface area contributed by atoms with Crippen molar-refractivity contribution in [2.45, 2.75) is 26.2 Å². The Morgan fingerprint density at radius 2 is 2.24 bits per heavy atom. The van der Waals surface area contributed by atoms with Crippen LogP contribution in [0.5, 0.6) is 5.88 Å². The number of anilines is 1. The summed E-state index contributed by atoms with van der Waals surface area (Å²) in [7, 11) is 0. The largest absolute Gasteiger partial charge is 0.472 e. The summed E-state index contributed by atoms with van der Waals surface area (Å²) in [5.41, 5.74) is -0.0934. The number of rotatable bonds is 7. The Morgan fingerprint density at radius 3 is 2.90 bits per heavy atom. The van der Waals surface area contributed by atoms with E-state index in [2.05, 4.69) is 10.3 Å². The lowest BCUT2D eigenvalue weighted by molar-refractivity contribution is -0.386. The van der Waals surface area contributed by atoms with Gasteiger partial charge in [-0.2, -0.15) is 4.98 Å². The van der Waals surface area contributed by atoms with Crippen molar-refractivity contribution >= 4 is 11.5 Å². The summed E-state index contributed by atoms with van der Waals surface area (Å²) in [4.78, 5) is 14.8. The maximum atomic E-state index is 11.0. The number of nitrogens with zero attached hydrogens (tertiary/aromatic N) is 2. The van der Waals surface area contributed by atoms with Gasteiger partial charge in [-0.15, -0.1) is 0 Å². The van der Waals surface area contributed by atoms with E-state index in [0.717, 1.165) is 39.0 Å². The Labute approximate surface area is 123 Å². The van der Waals surface area contributed by atoms with Crippen LogP contribution in [0.3, 0.4) is 0 Å². The van der Waals surface area contributed by atoms with Gasteiger partial charge < -0.3 is 14.8 Å². The van der Waals surface area contributed by atoms with Gasteiger partial charge in [-0.25, -0.2) is 0 Å². The molecule has 1 aliphatic heterocycles. The average molecular weight is 295 g/mol. The summed E-state index contributed by atoms with van der Waals surface area (Å²) in [5, 5.41) is 14.1. The zero-order valence-electron chi connectivity index (χ0n) is 12.2. The monoisotopic (exact) mass is 295 g/mol. The smallest absolute Gasteiger partial charge is 0.331 e. The topological polar surface area (TPSA) is 86.5 Å². The van der Waals surface area contributed by atoms with Crippen molar-refractivity contribution in [2.75, 3.05) is 31.7 Å². The van der Waals surface area contributed by atoms with Gasteiger partial charge in [-0.3, -0.25) is 10.1 Å². The maximum Gasteiger partial charge on any atom is 0.331 e. The molecule has 1 aromatic rings. The van der Waals surface area contributed by atoms with Gasteiger partial charge in [0.1, 0.15) is 5.82 Å². The second-order valence-corrected chi connectivity index (χ2v) is 5.07. The number of hydrogen-bond acceptors (Lipinski definition) is 6. The minimum absolute atomic E-state index is 0.0904. The van der Waals surface area contributed by atoms with Crippen LogP contribution in [0.2, 0.25) is 0 Å². The molecule has 0 atom stereocenters. The summed E-state index contributed by atoms with van der Waals surface area (Å²) < 4.78 is 10.9. The Morgan fingerprint density at radius 1 is 1.48 bits per heavy atom. The van der Waals surface area contributed by atoms with E-state index in [-0.39, 0.29) is 11.6 Å². The Balaban J connectivity index is 2.04. The quantitative estimate of drug-likeness (QED) is 0.614. The van der Waals surface area contributed by atoms with Crippen LogP contribution in [-0.2, 0) is 4.74 Å². The highest BCUT2D eigenvalue weighted by Gasteiger charge is 2.20. The molecule has 1 fully saturated rings. The zero-order chi connectivity index (χ0) is 15.1. The van der Waals surface area contributed by atoms with Gasteiger partial charge in [0.15, 0.2) is 0 Å². The van der Waals surface area contributed by atoms with Gasteiger partial charge in [0, 0.05) is 25.8 Å². The summed E-state index contributed by atoms with van der Waals surface area (Å²) in [6.07, 6.45) is 2.79. The fourth-order valence-electron chi connectivity index (χ4n) is 2.14. The lowest BCUT2D eigenvalue weighted by atomic mass is 10.0. The van der Waals surface area contributed by atoms with E-state index in [1.807, 2.05) is 6.92 Å². The van der Waals surface area contributed by atoms with Crippen molar-refractivity contribution in [1.29, 1.82) is 0 Å². The third-order valence-electron chi connectivity index (χ3n) is 3.39. The van der Waals surface area contributed by atoms with Crippen molar-refractivity contribution in [2.24, 2.45) is 5.92 Å². The molecule has 0 saturated carbocycles. The molecule has 1 N–H and O–H groups in total. The highest BCUT2D eigenvalue weighted by molar-refractivity contribution is 5.49. The third kappa shape index (κ3) is 4.56. The van der Waals surface area contributed by atoms with E-state index >= 15 is 0 Å². The molecule has 0 radical (unpaired) electrons. The lowest BCUT2D eigenvalue weighted by Crippen LogP contribution is -2.22. The fraction of sp³-hybridized carbons (Fsp3) is 0.643. The molecule has 0 unspecified atom stereocenters. The van der Waals surface area contributed by atoms with E-state index in [0.29, 0.717) is 18.3 Å². The molecule has 0 amide bonds. The zero-order valence-corrected chi connectivity index (χ0v) is 12.2. The predicted molar refractivity (Wildman–Crippen MR) is 78.7 cm³/mol. The average Bonchev–Trinajstić information content (AvgIpc) is 2.51. The first kappa shape index (κ1) is 15.5. The van der Waals surface area contributed by atoms with Crippen molar-refractivity contribution in [3.63, 3.8) is 0 Å². The first-order chi connectivity index (χ1) is 10.2. The molecule has 7 nitrogen and oxygen atoms in total. The van der Waals surface area contributed by atoms with Gasteiger partial charge in [-0.05, 0) is 31.2 Å². The number of ether oxygens (including phenoxy) is 2. The van der Waals surface area contributed by atoms with E-state index in [1.165, 1.54) is 6.07 Å². The van der Waals surface area contributed by atoms with Gasteiger partial charge in [0.2, 0.25) is 0 Å². The summed E-state index contributed by atoms with van der Waals surface area (Å²) in [6, 6.07) is 3.04. The van der Waals surface area contributed by atoms with Gasteiger partial charge >= 0.3 is 5.69 Å². The number of hydrogen-bond donors (Lipinski definition) is 1. The first-order valence-electron chi connectivity index (χ1n) is 7.30. The van der Waals surface area contributed by atoms with Crippen molar-refractivity contribution in [3.8, 4) is 5.88 Å². The van der Waals surface area contributed by atoms with E-state index in [4.69, 9.17) is 9.47 Å². The minimum Gasteiger partial charge on any atom is -0.472 e. The van der Waals surface area contributed by atoms with Crippen LogP contribution >= 0.6 is 0 Å². The minimum atomic E-state index is -0.462. The van der Waals surface area contributed by atoms with Crippen LogP contribution < -0.4 is 10.1 Å².